The van der Waals surface area contributed by atoms with Crippen molar-refractivity contribution >= 4 is 46.3 Å². The van der Waals surface area contributed by atoms with Gasteiger partial charge in [0, 0.05) is 27.2 Å². The fourth-order valence-corrected chi connectivity index (χ4v) is 3.57. The predicted molar refractivity (Wildman–Crippen MR) is 114 cm³/mol. The lowest BCUT2D eigenvalue weighted by Gasteiger charge is -2.12. The van der Waals surface area contributed by atoms with Crippen LogP contribution in [0.25, 0.3) is 0 Å². The van der Waals surface area contributed by atoms with Gasteiger partial charge in [0.15, 0.2) is 12.4 Å². The molecule has 0 fully saturated rings. The number of aromatic nitrogens is 1. The maximum absolute atomic E-state index is 12.8. The molecule has 0 aliphatic heterocycles. The van der Waals surface area contributed by atoms with E-state index in [4.69, 9.17) is 16.3 Å². The number of carbonyl (C=O) groups excluding carboxylic acids is 3. The van der Waals surface area contributed by atoms with E-state index < -0.39 is 18.5 Å². The minimum atomic E-state index is -0.717. The molecule has 0 spiro atoms. The first kappa shape index (κ1) is 21.5. The number of ketones is 1. The van der Waals surface area contributed by atoms with Crippen LogP contribution in [0.3, 0.4) is 0 Å². The summed E-state index contributed by atoms with van der Waals surface area (Å²) >= 11 is 7.00. The van der Waals surface area contributed by atoms with Gasteiger partial charge in [0.1, 0.15) is 6.54 Å². The maximum Gasteiger partial charge on any atom is 0.326 e. The SMILES string of the molecule is Cc1csc(=O)n1CC(=O)OCC(=O)Nc1ccc(Cl)cc1C(=O)c1ccccc1. The second kappa shape index (κ2) is 9.51. The van der Waals surface area contributed by atoms with Crippen LogP contribution in [0.4, 0.5) is 5.69 Å². The van der Waals surface area contributed by atoms with E-state index in [-0.39, 0.29) is 28.5 Å². The molecule has 0 unspecified atom stereocenters. The molecule has 2 aromatic carbocycles. The van der Waals surface area contributed by atoms with Gasteiger partial charge in [-0.3, -0.25) is 23.7 Å². The van der Waals surface area contributed by atoms with E-state index in [0.29, 0.717) is 16.3 Å². The van der Waals surface area contributed by atoms with Gasteiger partial charge in [0.05, 0.1) is 5.69 Å². The molecule has 0 radical (unpaired) electrons. The average molecular weight is 445 g/mol. The number of benzene rings is 2. The fourth-order valence-electron chi connectivity index (χ4n) is 2.66. The standard InChI is InChI=1S/C21H17ClN2O5S/c1-13-12-30-21(28)24(13)10-19(26)29-11-18(25)23-17-8-7-15(22)9-16(17)20(27)14-5-3-2-4-6-14/h2-9,12H,10-11H2,1H3,(H,23,25). The number of hydrogen-bond donors (Lipinski definition) is 1. The molecule has 3 rings (SSSR count). The van der Waals surface area contributed by atoms with Crippen molar-refractivity contribution in [3.8, 4) is 0 Å². The number of hydrogen-bond acceptors (Lipinski definition) is 6. The van der Waals surface area contributed by atoms with Crippen LogP contribution in [0.5, 0.6) is 0 Å². The molecule has 1 heterocycles. The lowest BCUT2D eigenvalue weighted by atomic mass is 10.0. The van der Waals surface area contributed by atoms with Crippen molar-refractivity contribution in [1.29, 1.82) is 0 Å². The van der Waals surface area contributed by atoms with Crippen LogP contribution < -0.4 is 10.2 Å². The van der Waals surface area contributed by atoms with E-state index in [0.717, 1.165) is 11.3 Å². The van der Waals surface area contributed by atoms with Crippen LogP contribution in [-0.2, 0) is 20.9 Å². The summed E-state index contributed by atoms with van der Waals surface area (Å²) < 4.78 is 6.22. The quantitative estimate of drug-likeness (QED) is 0.445. The highest BCUT2D eigenvalue weighted by atomic mass is 35.5. The van der Waals surface area contributed by atoms with Crippen molar-refractivity contribution in [3.05, 3.63) is 85.4 Å². The predicted octanol–water partition coefficient (Wildman–Crippen LogP) is 3.28. The number of amides is 1. The summed E-state index contributed by atoms with van der Waals surface area (Å²) in [4.78, 5) is 48.4. The molecular weight excluding hydrogens is 428 g/mol. The first-order chi connectivity index (χ1) is 14.3. The van der Waals surface area contributed by atoms with Gasteiger partial charge in [-0.25, -0.2) is 0 Å². The molecule has 0 saturated heterocycles. The Balaban J connectivity index is 1.66. The van der Waals surface area contributed by atoms with Crippen molar-refractivity contribution in [2.24, 2.45) is 0 Å². The Morgan fingerprint density at radius 3 is 2.53 bits per heavy atom. The molecular formula is C21H17ClN2O5S. The number of anilines is 1. The highest BCUT2D eigenvalue weighted by molar-refractivity contribution is 7.07. The summed E-state index contributed by atoms with van der Waals surface area (Å²) in [6, 6.07) is 13.1. The van der Waals surface area contributed by atoms with Crippen molar-refractivity contribution in [2.45, 2.75) is 13.5 Å². The van der Waals surface area contributed by atoms with Gasteiger partial charge in [-0.1, -0.05) is 53.3 Å². The molecule has 1 N–H and O–H groups in total. The highest BCUT2D eigenvalue weighted by Crippen LogP contribution is 2.23. The minimum Gasteiger partial charge on any atom is -0.454 e. The summed E-state index contributed by atoms with van der Waals surface area (Å²) in [5, 5.41) is 4.54. The Morgan fingerprint density at radius 1 is 1.13 bits per heavy atom. The van der Waals surface area contributed by atoms with Gasteiger partial charge in [0.2, 0.25) is 0 Å². The Kier molecular flexibility index (Phi) is 6.81. The Labute approximate surface area is 180 Å². The topological polar surface area (TPSA) is 94.5 Å². The van der Waals surface area contributed by atoms with Crippen LogP contribution in [0.15, 0.2) is 58.7 Å². The van der Waals surface area contributed by atoms with Crippen LogP contribution in [0.1, 0.15) is 21.6 Å². The first-order valence-corrected chi connectivity index (χ1v) is 10.1. The zero-order chi connectivity index (χ0) is 21.7. The monoisotopic (exact) mass is 444 g/mol. The summed E-state index contributed by atoms with van der Waals surface area (Å²) in [5.41, 5.74) is 1.54. The molecule has 154 valence electrons. The average Bonchev–Trinajstić information content (AvgIpc) is 3.05. The number of halogens is 1. The molecule has 30 heavy (non-hydrogen) atoms. The van der Waals surface area contributed by atoms with E-state index in [1.54, 1.807) is 42.6 Å². The summed E-state index contributed by atoms with van der Waals surface area (Å²) in [7, 11) is 0. The summed E-state index contributed by atoms with van der Waals surface area (Å²) in [5.74, 6) is -1.65. The van der Waals surface area contributed by atoms with Crippen molar-refractivity contribution < 1.29 is 19.1 Å². The highest BCUT2D eigenvalue weighted by Gasteiger charge is 2.17. The fraction of sp³-hybridized carbons (Fsp3) is 0.143. The Morgan fingerprint density at radius 2 is 1.87 bits per heavy atom. The second-order valence-corrected chi connectivity index (χ2v) is 7.58. The number of esters is 1. The molecule has 1 amide bonds. The molecule has 0 saturated carbocycles. The third kappa shape index (κ3) is 5.22. The first-order valence-electron chi connectivity index (χ1n) is 8.85. The molecule has 0 bridgehead atoms. The van der Waals surface area contributed by atoms with Crippen LogP contribution in [0.2, 0.25) is 5.02 Å². The molecule has 1 aromatic heterocycles. The second-order valence-electron chi connectivity index (χ2n) is 6.32. The summed E-state index contributed by atoms with van der Waals surface area (Å²) in [6.45, 7) is 0.863. The molecule has 0 atom stereocenters. The summed E-state index contributed by atoms with van der Waals surface area (Å²) in [6.07, 6.45) is 0. The normalized spacial score (nSPS) is 10.5. The maximum atomic E-state index is 12.8. The third-order valence-corrected chi connectivity index (χ3v) is 5.28. The number of thiazole rings is 1. The van der Waals surface area contributed by atoms with Gasteiger partial charge in [-0.05, 0) is 25.1 Å². The number of nitrogens with one attached hydrogen (secondary N) is 1. The zero-order valence-corrected chi connectivity index (χ0v) is 17.5. The lowest BCUT2D eigenvalue weighted by molar-refractivity contribution is -0.147. The Hall–Kier alpha value is -3.23. The number of aryl methyl sites for hydroxylation is 1. The molecule has 3 aromatic rings. The number of ether oxygens (including phenoxy) is 1. The van der Waals surface area contributed by atoms with Crippen LogP contribution >= 0.6 is 22.9 Å². The molecule has 9 heteroatoms. The van der Waals surface area contributed by atoms with Gasteiger partial charge >= 0.3 is 10.8 Å². The van der Waals surface area contributed by atoms with E-state index >= 15 is 0 Å². The van der Waals surface area contributed by atoms with E-state index in [1.165, 1.54) is 22.8 Å². The van der Waals surface area contributed by atoms with E-state index in [1.807, 2.05) is 0 Å². The smallest absolute Gasteiger partial charge is 0.326 e. The van der Waals surface area contributed by atoms with Crippen molar-refractivity contribution in [1.82, 2.24) is 4.57 Å². The van der Waals surface area contributed by atoms with Crippen molar-refractivity contribution in [2.75, 3.05) is 11.9 Å². The minimum absolute atomic E-state index is 0.217. The van der Waals surface area contributed by atoms with Crippen LogP contribution in [0, 0.1) is 6.92 Å². The largest absolute Gasteiger partial charge is 0.454 e. The number of rotatable bonds is 7. The van der Waals surface area contributed by atoms with Gasteiger partial charge in [0.25, 0.3) is 5.91 Å². The number of nitrogens with zero attached hydrogens (tertiary/aromatic N) is 1. The third-order valence-electron chi connectivity index (χ3n) is 4.16. The van der Waals surface area contributed by atoms with Gasteiger partial charge in [-0.15, -0.1) is 0 Å². The molecule has 0 aliphatic rings. The zero-order valence-electron chi connectivity index (χ0n) is 15.9. The van der Waals surface area contributed by atoms with Gasteiger partial charge < -0.3 is 10.1 Å². The Bertz CT molecular complexity index is 1150. The van der Waals surface area contributed by atoms with Crippen molar-refractivity contribution in [3.63, 3.8) is 0 Å². The number of carbonyl (C=O) groups is 3. The van der Waals surface area contributed by atoms with E-state index in [2.05, 4.69) is 5.32 Å². The van der Waals surface area contributed by atoms with Gasteiger partial charge in [-0.2, -0.15) is 0 Å². The molecule has 0 aliphatic carbocycles. The lowest BCUT2D eigenvalue weighted by Crippen LogP contribution is -2.26. The van der Waals surface area contributed by atoms with Crippen LogP contribution in [-0.4, -0.2) is 28.8 Å². The molecule has 7 nitrogen and oxygen atoms in total. The van der Waals surface area contributed by atoms with E-state index in [9.17, 15) is 19.2 Å².